The lowest BCUT2D eigenvalue weighted by atomic mass is 10.0. The number of esters is 1. The Labute approximate surface area is 81.8 Å². The zero-order valence-electron chi connectivity index (χ0n) is 7.55. The lowest BCUT2D eigenvalue weighted by Crippen LogP contribution is -2.38. The Balaban J connectivity index is 3.75. The van der Waals surface area contributed by atoms with Gasteiger partial charge in [0.15, 0.2) is 0 Å². The summed E-state index contributed by atoms with van der Waals surface area (Å²) in [4.78, 5) is 11.1. The number of hydrogen-bond donors (Lipinski definition) is 1. The van der Waals surface area contributed by atoms with Crippen LogP contribution in [0, 0.1) is 5.92 Å². The fourth-order valence-corrected chi connectivity index (χ4v) is 0.884. The van der Waals surface area contributed by atoms with Gasteiger partial charge in [0, 0.05) is 5.33 Å². The van der Waals surface area contributed by atoms with Crippen LogP contribution in [0.15, 0.2) is 0 Å². The third-order valence-electron chi connectivity index (χ3n) is 1.85. The van der Waals surface area contributed by atoms with Gasteiger partial charge >= 0.3 is 5.97 Å². The van der Waals surface area contributed by atoms with Crippen molar-refractivity contribution in [1.29, 1.82) is 0 Å². The summed E-state index contributed by atoms with van der Waals surface area (Å²) in [6, 6.07) is -0.478. The normalized spacial score (nSPS) is 15.3. The lowest BCUT2D eigenvalue weighted by Gasteiger charge is -2.16. The Morgan fingerprint density at radius 3 is 2.67 bits per heavy atom. The van der Waals surface area contributed by atoms with E-state index in [1.54, 1.807) is 0 Å². The first-order valence-corrected chi connectivity index (χ1v) is 5.23. The number of hydrogen-bond acceptors (Lipinski definition) is 3. The van der Waals surface area contributed by atoms with Crippen molar-refractivity contribution in [3.63, 3.8) is 0 Å². The highest BCUT2D eigenvalue weighted by Gasteiger charge is 2.20. The van der Waals surface area contributed by atoms with E-state index in [4.69, 9.17) is 10.5 Å². The summed E-state index contributed by atoms with van der Waals surface area (Å²) in [5.74, 6) is -0.114. The summed E-state index contributed by atoms with van der Waals surface area (Å²) in [5.41, 5.74) is 5.62. The second kappa shape index (κ2) is 6.43. The van der Waals surface area contributed by atoms with Gasteiger partial charge in [0.1, 0.15) is 12.6 Å². The molecule has 0 aliphatic heterocycles. The first-order chi connectivity index (χ1) is 5.63. The van der Waals surface area contributed by atoms with Gasteiger partial charge in [-0.2, -0.15) is 0 Å². The van der Waals surface area contributed by atoms with Crippen LogP contribution >= 0.6 is 15.9 Å². The van der Waals surface area contributed by atoms with Gasteiger partial charge in [-0.1, -0.05) is 36.2 Å². The van der Waals surface area contributed by atoms with E-state index in [0.717, 1.165) is 6.42 Å². The van der Waals surface area contributed by atoms with Gasteiger partial charge in [0.25, 0.3) is 0 Å². The van der Waals surface area contributed by atoms with Gasteiger partial charge in [0.05, 0.1) is 0 Å². The molecule has 0 rings (SSSR count). The maximum atomic E-state index is 11.1. The van der Waals surface area contributed by atoms with Gasteiger partial charge in [-0.15, -0.1) is 0 Å². The number of nitrogens with two attached hydrogens (primary N) is 1. The molecule has 0 amide bonds. The fraction of sp³-hybridized carbons (Fsp3) is 0.875. The predicted molar refractivity (Wildman–Crippen MR) is 52.2 cm³/mol. The highest BCUT2D eigenvalue weighted by atomic mass is 79.9. The molecule has 0 unspecified atom stereocenters. The molecule has 12 heavy (non-hydrogen) atoms. The minimum absolute atomic E-state index is 0.188. The Hall–Kier alpha value is -0.0900. The second-order valence-corrected chi connectivity index (χ2v) is 3.56. The van der Waals surface area contributed by atoms with Crippen LogP contribution in [0.5, 0.6) is 0 Å². The van der Waals surface area contributed by atoms with E-state index in [0.29, 0.717) is 11.9 Å². The molecule has 4 heteroatoms. The van der Waals surface area contributed by atoms with Crippen molar-refractivity contribution in [3.05, 3.63) is 0 Å². The molecule has 72 valence electrons. The molecular weight excluding hydrogens is 222 g/mol. The van der Waals surface area contributed by atoms with Gasteiger partial charge in [-0.3, -0.25) is 4.79 Å². The van der Waals surface area contributed by atoms with E-state index in [9.17, 15) is 4.79 Å². The van der Waals surface area contributed by atoms with Crippen molar-refractivity contribution in [2.75, 3.05) is 11.9 Å². The highest BCUT2D eigenvalue weighted by Crippen LogP contribution is 2.06. The van der Waals surface area contributed by atoms with Crippen LogP contribution in [0.25, 0.3) is 0 Å². The molecule has 2 atom stereocenters. The Kier molecular flexibility index (Phi) is 6.38. The van der Waals surface area contributed by atoms with Gasteiger partial charge < -0.3 is 10.5 Å². The van der Waals surface area contributed by atoms with Gasteiger partial charge in [-0.05, 0) is 5.92 Å². The van der Waals surface area contributed by atoms with Crippen LogP contribution in [0.1, 0.15) is 20.3 Å². The second-order valence-electron chi connectivity index (χ2n) is 2.77. The molecule has 0 bridgehead atoms. The minimum Gasteiger partial charge on any atom is -0.464 e. The zero-order chi connectivity index (χ0) is 9.56. The van der Waals surface area contributed by atoms with Crippen LogP contribution in [0.2, 0.25) is 0 Å². The molecule has 0 aliphatic rings. The topological polar surface area (TPSA) is 52.3 Å². The molecule has 0 saturated carbocycles. The average Bonchev–Trinajstić information content (AvgIpc) is 2.11. The number of carbonyl (C=O) groups excluding carboxylic acids is 1. The average molecular weight is 238 g/mol. The molecule has 0 fully saturated rings. The molecule has 0 aromatic rings. The molecule has 0 aromatic heterocycles. The van der Waals surface area contributed by atoms with Gasteiger partial charge in [0.2, 0.25) is 0 Å². The van der Waals surface area contributed by atoms with E-state index in [1.807, 2.05) is 13.8 Å². The van der Waals surface area contributed by atoms with E-state index in [-0.39, 0.29) is 11.9 Å². The number of carbonyl (C=O) groups is 1. The highest BCUT2D eigenvalue weighted by molar-refractivity contribution is 9.09. The number of halogens is 1. The van der Waals surface area contributed by atoms with Crippen LogP contribution in [0.3, 0.4) is 0 Å². The lowest BCUT2D eigenvalue weighted by molar-refractivity contribution is -0.145. The van der Waals surface area contributed by atoms with Crippen molar-refractivity contribution >= 4 is 21.9 Å². The summed E-state index contributed by atoms with van der Waals surface area (Å²) in [5, 5.41) is 0.659. The largest absolute Gasteiger partial charge is 0.464 e. The van der Waals surface area contributed by atoms with Crippen molar-refractivity contribution in [2.24, 2.45) is 11.7 Å². The molecule has 3 nitrogen and oxygen atoms in total. The van der Waals surface area contributed by atoms with Crippen LogP contribution in [-0.2, 0) is 9.53 Å². The van der Waals surface area contributed by atoms with Gasteiger partial charge in [-0.25, -0.2) is 0 Å². The van der Waals surface area contributed by atoms with Crippen molar-refractivity contribution < 1.29 is 9.53 Å². The minimum atomic E-state index is -0.478. The third kappa shape index (κ3) is 4.07. The predicted octanol–water partition coefficient (Wildman–Crippen LogP) is 1.30. The standard InChI is InChI=1S/C8H16BrNO2/c1-3-6(2)7(10)8(11)12-5-4-9/h6-7H,3-5,10H2,1-2H3/t6-,7-/m0/s1. The van der Waals surface area contributed by atoms with E-state index in [2.05, 4.69) is 15.9 Å². The van der Waals surface area contributed by atoms with Crippen LogP contribution < -0.4 is 5.73 Å². The molecule has 0 aliphatic carbocycles. The monoisotopic (exact) mass is 237 g/mol. The molecule has 0 spiro atoms. The molecular formula is C8H16BrNO2. The maximum Gasteiger partial charge on any atom is 0.323 e. The fourth-order valence-electron chi connectivity index (χ4n) is 0.722. The molecule has 0 heterocycles. The Morgan fingerprint density at radius 2 is 2.25 bits per heavy atom. The quantitative estimate of drug-likeness (QED) is 0.580. The summed E-state index contributed by atoms with van der Waals surface area (Å²) < 4.78 is 4.87. The molecule has 0 radical (unpaired) electrons. The Bertz CT molecular complexity index is 141. The van der Waals surface area contributed by atoms with Crippen LogP contribution in [-0.4, -0.2) is 23.9 Å². The summed E-state index contributed by atoms with van der Waals surface area (Å²) in [7, 11) is 0. The first-order valence-electron chi connectivity index (χ1n) is 4.11. The number of alkyl halides is 1. The zero-order valence-corrected chi connectivity index (χ0v) is 9.13. The SMILES string of the molecule is CC[C@H](C)[C@H](N)C(=O)OCCBr. The summed E-state index contributed by atoms with van der Waals surface area (Å²) in [6.45, 7) is 4.34. The molecule has 2 N–H and O–H groups in total. The number of ether oxygens (including phenoxy) is 1. The molecule has 0 aromatic carbocycles. The smallest absolute Gasteiger partial charge is 0.323 e. The van der Waals surface area contributed by atoms with E-state index in [1.165, 1.54) is 0 Å². The van der Waals surface area contributed by atoms with Crippen molar-refractivity contribution in [2.45, 2.75) is 26.3 Å². The molecule has 0 saturated heterocycles. The van der Waals surface area contributed by atoms with E-state index >= 15 is 0 Å². The number of rotatable bonds is 5. The van der Waals surface area contributed by atoms with E-state index < -0.39 is 6.04 Å². The summed E-state index contributed by atoms with van der Waals surface area (Å²) in [6.07, 6.45) is 0.893. The maximum absolute atomic E-state index is 11.1. The summed E-state index contributed by atoms with van der Waals surface area (Å²) >= 11 is 3.16. The third-order valence-corrected chi connectivity index (χ3v) is 2.17. The first kappa shape index (κ1) is 11.9. The Morgan fingerprint density at radius 1 is 1.67 bits per heavy atom. The van der Waals surface area contributed by atoms with Crippen molar-refractivity contribution in [3.8, 4) is 0 Å². The van der Waals surface area contributed by atoms with Crippen LogP contribution in [0.4, 0.5) is 0 Å². The van der Waals surface area contributed by atoms with Crippen molar-refractivity contribution in [1.82, 2.24) is 0 Å².